The van der Waals surface area contributed by atoms with Gasteiger partial charge in [-0.2, -0.15) is 0 Å². The molecule has 2 aromatic carbocycles. The Balaban J connectivity index is 1.86. The molecule has 0 aliphatic heterocycles. The van der Waals surface area contributed by atoms with E-state index in [4.69, 9.17) is 0 Å². The zero-order valence-electron chi connectivity index (χ0n) is 18.7. The molecule has 0 aliphatic carbocycles. The predicted molar refractivity (Wildman–Crippen MR) is 138 cm³/mol. The van der Waals surface area contributed by atoms with E-state index in [9.17, 15) is 0 Å². The molecule has 4 rings (SSSR count). The van der Waals surface area contributed by atoms with Crippen molar-refractivity contribution in [2.45, 2.75) is 47.0 Å². The molecule has 2 aromatic heterocycles. The van der Waals surface area contributed by atoms with Gasteiger partial charge in [0, 0.05) is 9.75 Å². The van der Waals surface area contributed by atoms with E-state index in [0.29, 0.717) is 0 Å². The van der Waals surface area contributed by atoms with Gasteiger partial charge in [0.15, 0.2) is 0 Å². The van der Waals surface area contributed by atoms with E-state index < -0.39 is 0 Å². The SMILES string of the molecule is Cc1cc(C)c(B(c2ccc(C(C)(C)C)cc2)c2ccc(-c3cccs3)s2)c(C)c1. The normalized spacial score (nSPS) is 11.7. The fraction of sp³-hybridized carbons (Fsp3) is 0.259. The molecule has 0 amide bonds. The quantitative estimate of drug-likeness (QED) is 0.339. The molecule has 0 saturated carbocycles. The lowest BCUT2D eigenvalue weighted by molar-refractivity contribution is 0.590. The molecule has 0 radical (unpaired) electrons. The van der Waals surface area contributed by atoms with Crippen molar-refractivity contribution in [1.29, 1.82) is 0 Å². The molecule has 0 N–H and O–H groups in total. The van der Waals surface area contributed by atoms with Gasteiger partial charge in [-0.05, 0) is 54.0 Å². The van der Waals surface area contributed by atoms with Crippen LogP contribution in [-0.2, 0) is 5.41 Å². The van der Waals surface area contributed by atoms with Crippen LogP contribution < -0.4 is 15.7 Å². The molecule has 30 heavy (non-hydrogen) atoms. The summed E-state index contributed by atoms with van der Waals surface area (Å²) in [7, 11) is 0. The minimum absolute atomic E-state index is 0.166. The van der Waals surface area contributed by atoms with Gasteiger partial charge >= 0.3 is 0 Å². The van der Waals surface area contributed by atoms with Crippen LogP contribution in [0.5, 0.6) is 0 Å². The van der Waals surface area contributed by atoms with Crippen LogP contribution in [0.3, 0.4) is 0 Å². The fourth-order valence-corrected chi connectivity index (χ4v) is 6.34. The zero-order valence-corrected chi connectivity index (χ0v) is 20.4. The first-order valence-electron chi connectivity index (χ1n) is 10.6. The molecule has 0 spiro atoms. The van der Waals surface area contributed by atoms with Gasteiger partial charge in [0.2, 0.25) is 0 Å². The van der Waals surface area contributed by atoms with Gasteiger partial charge in [-0.1, -0.05) is 96.9 Å². The lowest BCUT2D eigenvalue weighted by atomic mass is 9.38. The van der Waals surface area contributed by atoms with E-state index in [1.54, 1.807) is 0 Å². The third-order valence-corrected chi connectivity index (χ3v) is 8.03. The number of aryl methyl sites for hydroxylation is 3. The van der Waals surface area contributed by atoms with E-state index in [1.165, 1.54) is 47.7 Å². The number of hydrogen-bond acceptors (Lipinski definition) is 2. The summed E-state index contributed by atoms with van der Waals surface area (Å²) >= 11 is 3.75. The molecule has 152 valence electrons. The molecule has 0 unspecified atom stereocenters. The molecule has 0 atom stereocenters. The largest absolute Gasteiger partial charge is 0.254 e. The van der Waals surface area contributed by atoms with Gasteiger partial charge in [-0.15, -0.1) is 22.7 Å². The standard InChI is InChI=1S/C27H29BS2/c1-18-16-19(2)26(20(3)17-18)28(22-11-9-21(10-12-22)27(4,5)6)25-14-13-24(30-25)23-8-7-15-29-23/h7-17H,1-6H3. The van der Waals surface area contributed by atoms with Crippen molar-refractivity contribution >= 4 is 45.1 Å². The van der Waals surface area contributed by atoms with Crippen molar-refractivity contribution in [3.63, 3.8) is 0 Å². The van der Waals surface area contributed by atoms with Gasteiger partial charge in [0.1, 0.15) is 0 Å². The Morgan fingerprint density at radius 1 is 0.767 bits per heavy atom. The third-order valence-electron chi connectivity index (χ3n) is 5.81. The summed E-state index contributed by atoms with van der Waals surface area (Å²) in [4.78, 5) is 2.71. The Kier molecular flexibility index (Phi) is 5.79. The lowest BCUT2D eigenvalue weighted by Gasteiger charge is -2.22. The highest BCUT2D eigenvalue weighted by molar-refractivity contribution is 7.31. The van der Waals surface area contributed by atoms with Gasteiger partial charge < -0.3 is 0 Å². The Labute approximate surface area is 189 Å². The van der Waals surface area contributed by atoms with Gasteiger partial charge in [-0.25, -0.2) is 0 Å². The summed E-state index contributed by atoms with van der Waals surface area (Å²) in [6.45, 7) is 13.8. The second-order valence-corrected chi connectivity index (χ2v) is 11.4. The molecule has 0 aliphatic rings. The Morgan fingerprint density at radius 3 is 2.00 bits per heavy atom. The van der Waals surface area contributed by atoms with Crippen molar-refractivity contribution in [2.24, 2.45) is 0 Å². The maximum atomic E-state index is 2.34. The zero-order chi connectivity index (χ0) is 21.5. The van der Waals surface area contributed by atoms with Gasteiger partial charge in [0.05, 0.1) is 0 Å². The van der Waals surface area contributed by atoms with Crippen LogP contribution in [0.2, 0.25) is 0 Å². The van der Waals surface area contributed by atoms with Crippen LogP contribution in [0.25, 0.3) is 9.75 Å². The fourth-order valence-electron chi connectivity index (χ4n) is 4.35. The lowest BCUT2D eigenvalue weighted by Crippen LogP contribution is -2.53. The Morgan fingerprint density at radius 2 is 1.43 bits per heavy atom. The maximum Gasteiger partial charge on any atom is 0.254 e. The van der Waals surface area contributed by atoms with Crippen LogP contribution >= 0.6 is 22.7 Å². The summed E-state index contributed by atoms with van der Waals surface area (Å²) in [6.07, 6.45) is 0. The summed E-state index contributed by atoms with van der Waals surface area (Å²) in [6, 6.07) is 22.9. The Hall–Kier alpha value is -2.10. The van der Waals surface area contributed by atoms with Crippen LogP contribution in [-0.4, -0.2) is 6.71 Å². The molecule has 0 fully saturated rings. The molecule has 0 nitrogen and oxygen atoms in total. The summed E-state index contributed by atoms with van der Waals surface area (Å²) in [5.41, 5.74) is 8.46. The number of benzene rings is 2. The van der Waals surface area contributed by atoms with E-state index in [1.807, 2.05) is 22.7 Å². The van der Waals surface area contributed by atoms with Crippen LogP contribution in [0.15, 0.2) is 66.0 Å². The molecule has 4 aromatic rings. The number of rotatable bonds is 4. The van der Waals surface area contributed by atoms with Crippen LogP contribution in [0, 0.1) is 20.8 Å². The summed E-state index contributed by atoms with van der Waals surface area (Å²) < 4.78 is 1.41. The number of hydrogen-bond donors (Lipinski definition) is 0. The molecular weight excluding hydrogens is 399 g/mol. The van der Waals surface area contributed by atoms with Crippen molar-refractivity contribution in [2.75, 3.05) is 0 Å². The monoisotopic (exact) mass is 428 g/mol. The molecular formula is C27H29BS2. The highest BCUT2D eigenvalue weighted by Crippen LogP contribution is 2.28. The second-order valence-electron chi connectivity index (χ2n) is 9.30. The van der Waals surface area contributed by atoms with Crippen molar-refractivity contribution in [3.05, 3.63) is 88.3 Å². The van der Waals surface area contributed by atoms with E-state index in [2.05, 4.69) is 108 Å². The molecule has 0 saturated heterocycles. The van der Waals surface area contributed by atoms with Crippen LogP contribution in [0.4, 0.5) is 0 Å². The highest BCUT2D eigenvalue weighted by atomic mass is 32.1. The third kappa shape index (κ3) is 4.19. The molecule has 0 bridgehead atoms. The topological polar surface area (TPSA) is 0 Å². The minimum atomic E-state index is 0.166. The first kappa shape index (κ1) is 21.1. The van der Waals surface area contributed by atoms with E-state index >= 15 is 0 Å². The van der Waals surface area contributed by atoms with Crippen molar-refractivity contribution in [3.8, 4) is 9.75 Å². The van der Waals surface area contributed by atoms with E-state index in [-0.39, 0.29) is 12.1 Å². The summed E-state index contributed by atoms with van der Waals surface area (Å²) in [5, 5.41) is 2.16. The smallest absolute Gasteiger partial charge is 0.148 e. The Bertz CT molecular complexity index is 1120. The maximum absolute atomic E-state index is 2.34. The van der Waals surface area contributed by atoms with Gasteiger partial charge in [0.25, 0.3) is 6.71 Å². The van der Waals surface area contributed by atoms with Crippen molar-refractivity contribution in [1.82, 2.24) is 0 Å². The molecule has 3 heteroatoms. The average molecular weight is 428 g/mol. The highest BCUT2D eigenvalue weighted by Gasteiger charge is 2.27. The second kappa shape index (κ2) is 8.21. The summed E-state index contributed by atoms with van der Waals surface area (Å²) in [5.74, 6) is 0. The van der Waals surface area contributed by atoms with E-state index in [0.717, 1.165) is 0 Å². The average Bonchev–Trinajstić information content (AvgIpc) is 3.35. The molecule has 2 heterocycles. The van der Waals surface area contributed by atoms with Crippen LogP contribution in [0.1, 0.15) is 43.0 Å². The predicted octanol–water partition coefficient (Wildman–Crippen LogP) is 6.22. The number of thiophene rings is 2. The first-order valence-corrected chi connectivity index (χ1v) is 12.3. The van der Waals surface area contributed by atoms with Crippen molar-refractivity contribution < 1.29 is 0 Å². The van der Waals surface area contributed by atoms with Gasteiger partial charge in [-0.3, -0.25) is 0 Å². The first-order chi connectivity index (χ1) is 14.2. The minimum Gasteiger partial charge on any atom is -0.148 e.